The number of carbonyl (C=O) groups is 2. The molecule has 0 saturated carbocycles. The van der Waals surface area contributed by atoms with Crippen LogP contribution in [0.4, 0.5) is 0 Å². The van der Waals surface area contributed by atoms with Crippen LogP contribution < -0.4 is 0 Å². The lowest BCUT2D eigenvalue weighted by Gasteiger charge is -2.01. The molecule has 0 saturated heterocycles. The highest BCUT2D eigenvalue weighted by atomic mass is 16.1. The first-order valence-electron chi connectivity index (χ1n) is 10.2. The highest BCUT2D eigenvalue weighted by molar-refractivity contribution is 5.95. The van der Waals surface area contributed by atoms with E-state index in [9.17, 15) is 9.59 Å². The topological polar surface area (TPSA) is 34.1 Å². The Morgan fingerprint density at radius 2 is 1.17 bits per heavy atom. The molecular weight excluding hydrogens is 296 g/mol. The third kappa shape index (κ3) is 17.3. The first kappa shape index (κ1) is 22.9. The van der Waals surface area contributed by atoms with Crippen molar-refractivity contribution in [2.45, 2.75) is 117 Å². The summed E-state index contributed by atoms with van der Waals surface area (Å²) in [5.74, 6) is 6.31. The van der Waals surface area contributed by atoms with Crippen molar-refractivity contribution in [1.82, 2.24) is 0 Å². The van der Waals surface area contributed by atoms with Gasteiger partial charge >= 0.3 is 0 Å². The van der Waals surface area contributed by atoms with Crippen molar-refractivity contribution in [2.24, 2.45) is 0 Å². The molecule has 0 aliphatic rings. The maximum Gasteiger partial charge on any atom is 0.205 e. The summed E-state index contributed by atoms with van der Waals surface area (Å²) >= 11 is 0. The van der Waals surface area contributed by atoms with E-state index < -0.39 is 0 Å². The number of rotatable bonds is 16. The second kappa shape index (κ2) is 18.2. The maximum atomic E-state index is 11.6. The Bertz CT molecular complexity index is 373. The van der Waals surface area contributed by atoms with Gasteiger partial charge in [-0.1, -0.05) is 71.1 Å². The molecular formula is C22H38O2. The Balaban J connectivity index is 3.36. The summed E-state index contributed by atoms with van der Waals surface area (Å²) in [6, 6.07) is 0. The quantitative estimate of drug-likeness (QED) is 0.186. The molecule has 0 unspecified atom stereocenters. The molecule has 0 aromatic heterocycles. The molecule has 0 N–H and O–H groups in total. The van der Waals surface area contributed by atoms with Gasteiger partial charge < -0.3 is 0 Å². The standard InChI is InChI=1S/C22H38O2/c1-3-5-7-8-11-14-19-22(24)20-16-13-10-9-12-15-18-21(23)17-6-4-2/h3-13,15-18,20H2,1-2H3. The van der Waals surface area contributed by atoms with Gasteiger partial charge in [0, 0.05) is 25.7 Å². The van der Waals surface area contributed by atoms with Gasteiger partial charge in [0.25, 0.3) is 0 Å². The molecule has 0 atom stereocenters. The zero-order valence-electron chi connectivity index (χ0n) is 16.1. The minimum absolute atomic E-state index is 0.104. The van der Waals surface area contributed by atoms with Gasteiger partial charge in [-0.25, -0.2) is 0 Å². The molecule has 24 heavy (non-hydrogen) atoms. The van der Waals surface area contributed by atoms with Crippen LogP contribution in [0, 0.1) is 11.8 Å². The normalized spacial score (nSPS) is 10.2. The van der Waals surface area contributed by atoms with Crippen LogP contribution in [-0.4, -0.2) is 11.6 Å². The molecule has 138 valence electrons. The van der Waals surface area contributed by atoms with E-state index in [-0.39, 0.29) is 5.78 Å². The highest BCUT2D eigenvalue weighted by Gasteiger charge is 2.01. The van der Waals surface area contributed by atoms with E-state index in [1.165, 1.54) is 32.1 Å². The van der Waals surface area contributed by atoms with Crippen LogP contribution in [0.2, 0.25) is 0 Å². The fourth-order valence-corrected chi connectivity index (χ4v) is 2.68. The third-order valence-corrected chi connectivity index (χ3v) is 4.30. The van der Waals surface area contributed by atoms with E-state index in [0.717, 1.165) is 64.2 Å². The molecule has 0 radical (unpaired) electrons. The summed E-state index contributed by atoms with van der Waals surface area (Å²) in [4.78, 5) is 23.1. The Morgan fingerprint density at radius 1 is 0.625 bits per heavy atom. The van der Waals surface area contributed by atoms with Crippen LogP contribution in [0.3, 0.4) is 0 Å². The maximum absolute atomic E-state index is 11.6. The Labute approximate surface area is 150 Å². The van der Waals surface area contributed by atoms with E-state index in [1.807, 2.05) is 0 Å². The van der Waals surface area contributed by atoms with Crippen LogP contribution in [0.25, 0.3) is 0 Å². The molecule has 0 fully saturated rings. The lowest BCUT2D eigenvalue weighted by atomic mass is 10.0. The van der Waals surface area contributed by atoms with Crippen molar-refractivity contribution in [1.29, 1.82) is 0 Å². The number of carbonyl (C=O) groups excluding carboxylic acids is 2. The molecule has 0 amide bonds. The van der Waals surface area contributed by atoms with Crippen molar-refractivity contribution in [3.8, 4) is 11.8 Å². The lowest BCUT2D eigenvalue weighted by molar-refractivity contribution is -0.119. The molecule has 0 aliphatic carbocycles. The average Bonchev–Trinajstić information content (AvgIpc) is 2.58. The minimum atomic E-state index is 0.104. The molecule has 0 aromatic carbocycles. The molecule has 0 bridgehead atoms. The van der Waals surface area contributed by atoms with Crippen LogP contribution in [0.5, 0.6) is 0 Å². The summed E-state index contributed by atoms with van der Waals surface area (Å²) in [6.45, 7) is 4.32. The molecule has 0 aromatic rings. The van der Waals surface area contributed by atoms with Crippen molar-refractivity contribution in [3.05, 3.63) is 0 Å². The summed E-state index contributed by atoms with van der Waals surface area (Å²) in [5, 5.41) is 0. The van der Waals surface area contributed by atoms with E-state index in [0.29, 0.717) is 12.2 Å². The number of Topliss-reactive ketones (excluding diaryl/α,β-unsaturated/α-hetero) is 2. The number of unbranched alkanes of at least 4 members (excludes halogenated alkanes) is 10. The summed E-state index contributed by atoms with van der Waals surface area (Å²) in [7, 11) is 0. The number of hydrogen-bond acceptors (Lipinski definition) is 2. The summed E-state index contributed by atoms with van der Waals surface area (Å²) in [5.41, 5.74) is 0. The van der Waals surface area contributed by atoms with Crippen molar-refractivity contribution >= 4 is 11.6 Å². The van der Waals surface area contributed by atoms with Crippen LogP contribution in [-0.2, 0) is 9.59 Å². The van der Waals surface area contributed by atoms with E-state index in [1.54, 1.807) is 0 Å². The van der Waals surface area contributed by atoms with Crippen molar-refractivity contribution < 1.29 is 9.59 Å². The summed E-state index contributed by atoms with van der Waals surface area (Å²) < 4.78 is 0. The molecule has 2 nitrogen and oxygen atoms in total. The molecule has 0 rings (SSSR count). The van der Waals surface area contributed by atoms with E-state index >= 15 is 0 Å². The van der Waals surface area contributed by atoms with Gasteiger partial charge in [0.1, 0.15) is 5.78 Å². The first-order chi connectivity index (χ1) is 11.7. The van der Waals surface area contributed by atoms with Crippen molar-refractivity contribution in [2.75, 3.05) is 0 Å². The first-order valence-corrected chi connectivity index (χ1v) is 10.2. The second-order valence-electron chi connectivity index (χ2n) is 6.80. The zero-order valence-corrected chi connectivity index (χ0v) is 16.1. The fraction of sp³-hybridized carbons (Fsp3) is 0.818. The number of hydrogen-bond donors (Lipinski definition) is 0. The number of ketones is 2. The van der Waals surface area contributed by atoms with Crippen LogP contribution in [0.1, 0.15) is 117 Å². The SMILES string of the molecule is CCCCCCC#CC(=O)CCCCCCCCC(=O)CCCC. The average molecular weight is 335 g/mol. The molecule has 0 heterocycles. The largest absolute Gasteiger partial charge is 0.300 e. The van der Waals surface area contributed by atoms with Gasteiger partial charge in [-0.3, -0.25) is 9.59 Å². The summed E-state index contributed by atoms with van der Waals surface area (Å²) in [6.07, 6.45) is 16.6. The fourth-order valence-electron chi connectivity index (χ4n) is 2.68. The van der Waals surface area contributed by atoms with Gasteiger partial charge in [-0.2, -0.15) is 0 Å². The minimum Gasteiger partial charge on any atom is -0.300 e. The monoisotopic (exact) mass is 334 g/mol. The second-order valence-corrected chi connectivity index (χ2v) is 6.80. The van der Waals surface area contributed by atoms with Gasteiger partial charge in [0.15, 0.2) is 0 Å². The van der Waals surface area contributed by atoms with E-state index in [2.05, 4.69) is 25.7 Å². The highest BCUT2D eigenvalue weighted by Crippen LogP contribution is 2.10. The van der Waals surface area contributed by atoms with Gasteiger partial charge in [0.05, 0.1) is 0 Å². The van der Waals surface area contributed by atoms with Crippen LogP contribution >= 0.6 is 0 Å². The Hall–Kier alpha value is -1.10. The predicted molar refractivity (Wildman–Crippen MR) is 103 cm³/mol. The Morgan fingerprint density at radius 3 is 1.83 bits per heavy atom. The van der Waals surface area contributed by atoms with Crippen LogP contribution in [0.15, 0.2) is 0 Å². The lowest BCUT2D eigenvalue weighted by Crippen LogP contribution is -1.97. The smallest absolute Gasteiger partial charge is 0.205 e. The Kier molecular flexibility index (Phi) is 17.4. The molecule has 0 aliphatic heterocycles. The predicted octanol–water partition coefficient (Wildman–Crippen LogP) is 6.41. The van der Waals surface area contributed by atoms with Gasteiger partial charge in [-0.05, 0) is 31.6 Å². The zero-order chi connectivity index (χ0) is 17.9. The third-order valence-electron chi connectivity index (χ3n) is 4.30. The van der Waals surface area contributed by atoms with Gasteiger partial charge in [0.2, 0.25) is 5.78 Å². The van der Waals surface area contributed by atoms with Crippen molar-refractivity contribution in [3.63, 3.8) is 0 Å². The van der Waals surface area contributed by atoms with Gasteiger partial charge in [-0.15, -0.1) is 0 Å². The van der Waals surface area contributed by atoms with E-state index in [4.69, 9.17) is 0 Å². The molecule has 2 heteroatoms. The molecule has 0 spiro atoms.